The summed E-state index contributed by atoms with van der Waals surface area (Å²) in [7, 11) is -3.55. The molecule has 1 aromatic rings. The van der Waals surface area contributed by atoms with Gasteiger partial charge in [-0.2, -0.15) is 13.1 Å². The lowest BCUT2D eigenvalue weighted by molar-refractivity contribution is 0.305. The van der Waals surface area contributed by atoms with Gasteiger partial charge >= 0.3 is 0 Å². The van der Waals surface area contributed by atoms with Crippen molar-refractivity contribution >= 4 is 15.9 Å². The number of nitrogens with one attached hydrogen (secondary N) is 2. The second-order valence-electron chi connectivity index (χ2n) is 4.82. The van der Waals surface area contributed by atoms with Crippen LogP contribution in [0.1, 0.15) is 30.4 Å². The monoisotopic (exact) mass is 294 g/mol. The largest absolute Gasteiger partial charge is 0.395 e. The molecular formula is C14H18N2O3S. The lowest BCUT2D eigenvalue weighted by Crippen LogP contribution is -2.32. The molecule has 0 saturated heterocycles. The van der Waals surface area contributed by atoms with Crippen molar-refractivity contribution in [2.75, 3.05) is 11.3 Å². The lowest BCUT2D eigenvalue weighted by Gasteiger charge is -2.11. The van der Waals surface area contributed by atoms with Gasteiger partial charge in [-0.15, -0.1) is 0 Å². The number of hydrogen-bond donors (Lipinski definition) is 3. The van der Waals surface area contributed by atoms with Gasteiger partial charge in [0.15, 0.2) is 0 Å². The maximum Gasteiger partial charge on any atom is 0.299 e. The summed E-state index contributed by atoms with van der Waals surface area (Å²) in [5, 5.41) is 8.74. The normalized spacial score (nSPS) is 14.5. The van der Waals surface area contributed by atoms with E-state index in [2.05, 4.69) is 21.3 Å². The fourth-order valence-electron chi connectivity index (χ4n) is 1.66. The van der Waals surface area contributed by atoms with Crippen molar-refractivity contribution in [3.63, 3.8) is 0 Å². The molecule has 3 N–H and O–H groups in total. The summed E-state index contributed by atoms with van der Waals surface area (Å²) in [5.41, 5.74) is 2.06. The first kappa shape index (κ1) is 14.9. The molecule has 2 rings (SSSR count). The van der Waals surface area contributed by atoms with Crippen LogP contribution in [0.5, 0.6) is 0 Å². The predicted octanol–water partition coefficient (Wildman–Crippen LogP) is 1.14. The minimum atomic E-state index is -3.55. The molecule has 1 aliphatic carbocycles. The molecule has 0 radical (unpaired) electrons. The Labute approximate surface area is 119 Å². The van der Waals surface area contributed by atoms with Crippen LogP contribution in [0.4, 0.5) is 5.69 Å². The van der Waals surface area contributed by atoms with Crippen molar-refractivity contribution in [2.45, 2.75) is 32.2 Å². The van der Waals surface area contributed by atoms with Gasteiger partial charge in [0, 0.05) is 18.0 Å². The molecule has 0 atom stereocenters. The number of aliphatic hydroxyl groups is 1. The first-order valence-electron chi connectivity index (χ1n) is 6.50. The molecule has 1 fully saturated rings. The van der Waals surface area contributed by atoms with Crippen molar-refractivity contribution in [3.05, 3.63) is 29.3 Å². The number of anilines is 1. The van der Waals surface area contributed by atoms with Crippen molar-refractivity contribution in [1.29, 1.82) is 0 Å². The highest BCUT2D eigenvalue weighted by atomic mass is 32.2. The van der Waals surface area contributed by atoms with E-state index in [1.807, 2.05) is 19.1 Å². The lowest BCUT2D eigenvalue weighted by atomic mass is 10.1. The third-order valence-electron chi connectivity index (χ3n) is 2.78. The van der Waals surface area contributed by atoms with Crippen LogP contribution in [0.25, 0.3) is 0 Å². The fourth-order valence-corrected chi connectivity index (χ4v) is 2.86. The molecule has 0 heterocycles. The summed E-state index contributed by atoms with van der Waals surface area (Å²) in [5.74, 6) is 5.68. The molecule has 0 spiro atoms. The van der Waals surface area contributed by atoms with Gasteiger partial charge in [0.25, 0.3) is 10.2 Å². The first-order chi connectivity index (χ1) is 9.50. The van der Waals surface area contributed by atoms with E-state index >= 15 is 0 Å². The molecule has 0 aliphatic heterocycles. The Hall–Kier alpha value is -1.55. The highest BCUT2D eigenvalue weighted by molar-refractivity contribution is 7.90. The van der Waals surface area contributed by atoms with Gasteiger partial charge in [-0.25, -0.2) is 0 Å². The van der Waals surface area contributed by atoms with Crippen LogP contribution < -0.4 is 9.44 Å². The third kappa shape index (κ3) is 4.53. The van der Waals surface area contributed by atoms with Gasteiger partial charge in [0.2, 0.25) is 0 Å². The summed E-state index contributed by atoms with van der Waals surface area (Å²) in [4.78, 5) is 0. The van der Waals surface area contributed by atoms with Crippen molar-refractivity contribution < 1.29 is 13.5 Å². The molecule has 0 bridgehead atoms. The fraction of sp³-hybridized carbons (Fsp3) is 0.429. The Morgan fingerprint density at radius 2 is 2.15 bits per heavy atom. The Morgan fingerprint density at radius 1 is 1.40 bits per heavy atom. The molecule has 0 unspecified atom stereocenters. The van der Waals surface area contributed by atoms with Crippen LogP contribution in [0.3, 0.4) is 0 Å². The Bertz CT molecular complexity index is 640. The van der Waals surface area contributed by atoms with E-state index < -0.39 is 10.2 Å². The zero-order valence-corrected chi connectivity index (χ0v) is 12.1. The standard InChI is InChI=1S/C14H18N2O3S/c1-11-5-8-14(12(10-11)4-2-3-9-17)16-20(18,19)15-13-6-7-13/h5,8,10,13,15-17H,3,6-7,9H2,1H3. The first-order valence-corrected chi connectivity index (χ1v) is 7.99. The summed E-state index contributed by atoms with van der Waals surface area (Å²) in [6, 6.07) is 5.40. The molecule has 0 amide bonds. The average molecular weight is 294 g/mol. The van der Waals surface area contributed by atoms with E-state index in [4.69, 9.17) is 5.11 Å². The number of hydrogen-bond acceptors (Lipinski definition) is 3. The summed E-state index contributed by atoms with van der Waals surface area (Å²) in [6.07, 6.45) is 2.14. The van der Waals surface area contributed by atoms with Crippen LogP contribution >= 0.6 is 0 Å². The van der Waals surface area contributed by atoms with Crippen molar-refractivity contribution in [2.24, 2.45) is 0 Å². The maximum absolute atomic E-state index is 11.9. The Morgan fingerprint density at radius 3 is 2.80 bits per heavy atom. The number of aliphatic hydroxyl groups excluding tert-OH is 1. The van der Waals surface area contributed by atoms with E-state index in [1.165, 1.54) is 0 Å². The van der Waals surface area contributed by atoms with Crippen LogP contribution in [-0.4, -0.2) is 26.2 Å². The molecule has 1 aromatic carbocycles. The minimum Gasteiger partial charge on any atom is -0.395 e. The third-order valence-corrected chi connectivity index (χ3v) is 3.91. The molecule has 108 valence electrons. The topological polar surface area (TPSA) is 78.4 Å². The molecular weight excluding hydrogens is 276 g/mol. The number of rotatable bonds is 5. The zero-order valence-electron chi connectivity index (χ0n) is 11.3. The number of benzene rings is 1. The second kappa shape index (κ2) is 6.27. The average Bonchev–Trinajstić information content (AvgIpc) is 3.16. The van der Waals surface area contributed by atoms with Gasteiger partial charge in [-0.1, -0.05) is 17.9 Å². The minimum absolute atomic E-state index is 0.0108. The summed E-state index contributed by atoms with van der Waals surface area (Å²) >= 11 is 0. The van der Waals surface area contributed by atoms with E-state index in [9.17, 15) is 8.42 Å². The maximum atomic E-state index is 11.9. The molecule has 1 aliphatic rings. The van der Waals surface area contributed by atoms with Gasteiger partial charge in [-0.3, -0.25) is 4.72 Å². The van der Waals surface area contributed by atoms with Crippen molar-refractivity contribution in [1.82, 2.24) is 4.72 Å². The van der Waals surface area contributed by atoms with Crippen molar-refractivity contribution in [3.8, 4) is 11.8 Å². The van der Waals surface area contributed by atoms with Crippen LogP contribution in [-0.2, 0) is 10.2 Å². The molecule has 6 heteroatoms. The zero-order chi connectivity index (χ0) is 14.6. The van der Waals surface area contributed by atoms with E-state index in [1.54, 1.807) is 6.07 Å². The number of aryl methyl sites for hydroxylation is 1. The highest BCUT2D eigenvalue weighted by Crippen LogP contribution is 2.22. The van der Waals surface area contributed by atoms with Gasteiger partial charge < -0.3 is 5.11 Å². The van der Waals surface area contributed by atoms with E-state index in [0.29, 0.717) is 17.7 Å². The van der Waals surface area contributed by atoms with Crippen LogP contribution in [0, 0.1) is 18.8 Å². The quantitative estimate of drug-likeness (QED) is 0.713. The summed E-state index contributed by atoms with van der Waals surface area (Å²) < 4.78 is 28.9. The van der Waals surface area contributed by atoms with E-state index in [0.717, 1.165) is 18.4 Å². The Balaban J connectivity index is 2.20. The second-order valence-corrected chi connectivity index (χ2v) is 6.27. The highest BCUT2D eigenvalue weighted by Gasteiger charge is 2.27. The predicted molar refractivity (Wildman–Crippen MR) is 78.5 cm³/mol. The van der Waals surface area contributed by atoms with Gasteiger partial charge in [0.05, 0.1) is 12.3 Å². The molecule has 1 saturated carbocycles. The van der Waals surface area contributed by atoms with E-state index in [-0.39, 0.29) is 12.6 Å². The van der Waals surface area contributed by atoms with Gasteiger partial charge in [-0.05, 0) is 37.5 Å². The smallest absolute Gasteiger partial charge is 0.299 e. The van der Waals surface area contributed by atoms with Crippen LogP contribution in [0.2, 0.25) is 0 Å². The SMILES string of the molecule is Cc1ccc(NS(=O)(=O)NC2CC2)c(C#CCCO)c1. The molecule has 20 heavy (non-hydrogen) atoms. The molecule has 5 nitrogen and oxygen atoms in total. The van der Waals surface area contributed by atoms with Gasteiger partial charge in [0.1, 0.15) is 0 Å². The Kier molecular flexibility index (Phi) is 4.65. The molecule has 0 aromatic heterocycles. The summed E-state index contributed by atoms with van der Waals surface area (Å²) in [6.45, 7) is 1.90. The van der Waals surface area contributed by atoms with Crippen LogP contribution in [0.15, 0.2) is 18.2 Å².